The normalized spacial score (nSPS) is 10.3. The first-order valence-electron chi connectivity index (χ1n) is 4.24. The summed E-state index contributed by atoms with van der Waals surface area (Å²) >= 11 is 1.74. The Hall–Kier alpha value is -0.640. The molecule has 0 aromatic carbocycles. The van der Waals surface area contributed by atoms with Crippen molar-refractivity contribution in [3.8, 4) is 0 Å². The molecule has 13 heavy (non-hydrogen) atoms. The molecule has 0 aliphatic rings. The van der Waals surface area contributed by atoms with E-state index < -0.39 is 0 Å². The Morgan fingerprint density at radius 3 is 3.00 bits per heavy atom. The SMILES string of the molecule is C=CCOCc1cc(CN)sc1C. The molecule has 0 saturated carbocycles. The minimum absolute atomic E-state index is 0.604. The van der Waals surface area contributed by atoms with Crippen LogP contribution in [0.5, 0.6) is 0 Å². The van der Waals surface area contributed by atoms with Gasteiger partial charge in [0, 0.05) is 16.3 Å². The fraction of sp³-hybridized carbons (Fsp3) is 0.400. The average Bonchev–Trinajstić information content (AvgIpc) is 2.48. The topological polar surface area (TPSA) is 35.2 Å². The summed E-state index contributed by atoms with van der Waals surface area (Å²) in [6.45, 7) is 7.57. The van der Waals surface area contributed by atoms with Gasteiger partial charge in [-0.1, -0.05) is 6.08 Å². The third kappa shape index (κ3) is 2.95. The standard InChI is InChI=1S/C10H15NOS/c1-3-4-12-7-9-5-10(6-11)13-8(9)2/h3,5H,1,4,6-7,11H2,2H3. The van der Waals surface area contributed by atoms with E-state index >= 15 is 0 Å². The van der Waals surface area contributed by atoms with E-state index in [0.29, 0.717) is 19.8 Å². The highest BCUT2D eigenvalue weighted by molar-refractivity contribution is 7.12. The van der Waals surface area contributed by atoms with Gasteiger partial charge in [0.1, 0.15) is 0 Å². The zero-order valence-corrected chi connectivity index (χ0v) is 8.69. The van der Waals surface area contributed by atoms with Gasteiger partial charge in [-0.2, -0.15) is 0 Å². The van der Waals surface area contributed by atoms with Crippen LogP contribution in [0, 0.1) is 6.92 Å². The van der Waals surface area contributed by atoms with E-state index in [2.05, 4.69) is 19.6 Å². The van der Waals surface area contributed by atoms with Gasteiger partial charge in [0.05, 0.1) is 13.2 Å². The van der Waals surface area contributed by atoms with Crippen molar-refractivity contribution in [2.75, 3.05) is 6.61 Å². The van der Waals surface area contributed by atoms with Crippen molar-refractivity contribution >= 4 is 11.3 Å². The summed E-state index contributed by atoms with van der Waals surface area (Å²) < 4.78 is 5.36. The second-order valence-electron chi connectivity index (χ2n) is 2.80. The summed E-state index contributed by atoms with van der Waals surface area (Å²) in [5.41, 5.74) is 6.78. The molecule has 0 fully saturated rings. The predicted octanol–water partition coefficient (Wildman–Crippen LogP) is 2.22. The first kappa shape index (κ1) is 10.4. The average molecular weight is 197 g/mol. The fourth-order valence-electron chi connectivity index (χ4n) is 1.08. The Morgan fingerprint density at radius 1 is 1.69 bits per heavy atom. The van der Waals surface area contributed by atoms with Crippen LogP contribution in [0.4, 0.5) is 0 Å². The highest BCUT2D eigenvalue weighted by Gasteiger charge is 2.03. The summed E-state index contributed by atoms with van der Waals surface area (Å²) in [5.74, 6) is 0. The molecule has 1 aromatic heterocycles. The molecule has 72 valence electrons. The lowest BCUT2D eigenvalue weighted by atomic mass is 10.2. The Labute approximate surface area is 83.0 Å². The third-order valence-electron chi connectivity index (χ3n) is 1.77. The number of thiophene rings is 1. The van der Waals surface area contributed by atoms with E-state index in [4.69, 9.17) is 10.5 Å². The fourth-order valence-corrected chi connectivity index (χ4v) is 2.01. The van der Waals surface area contributed by atoms with Crippen LogP contribution < -0.4 is 5.73 Å². The molecule has 0 radical (unpaired) electrons. The van der Waals surface area contributed by atoms with Crippen LogP contribution in [-0.2, 0) is 17.9 Å². The van der Waals surface area contributed by atoms with E-state index in [1.54, 1.807) is 17.4 Å². The van der Waals surface area contributed by atoms with Crippen molar-refractivity contribution in [2.24, 2.45) is 5.73 Å². The van der Waals surface area contributed by atoms with Gasteiger partial charge in [-0.25, -0.2) is 0 Å². The van der Waals surface area contributed by atoms with Crippen LogP contribution in [0.3, 0.4) is 0 Å². The Balaban J connectivity index is 2.54. The number of ether oxygens (including phenoxy) is 1. The van der Waals surface area contributed by atoms with Gasteiger partial charge >= 0.3 is 0 Å². The molecule has 0 bridgehead atoms. The third-order valence-corrected chi connectivity index (χ3v) is 2.88. The quantitative estimate of drug-likeness (QED) is 0.580. The number of rotatable bonds is 5. The van der Waals surface area contributed by atoms with E-state index in [1.807, 2.05) is 0 Å². The second kappa shape index (κ2) is 5.17. The first-order valence-corrected chi connectivity index (χ1v) is 5.06. The van der Waals surface area contributed by atoms with Gasteiger partial charge in [0.2, 0.25) is 0 Å². The number of hydrogen-bond donors (Lipinski definition) is 1. The number of hydrogen-bond acceptors (Lipinski definition) is 3. The number of aryl methyl sites for hydroxylation is 1. The second-order valence-corrected chi connectivity index (χ2v) is 4.14. The molecule has 0 saturated heterocycles. The molecule has 0 spiro atoms. The highest BCUT2D eigenvalue weighted by Crippen LogP contribution is 2.21. The minimum atomic E-state index is 0.604. The van der Waals surface area contributed by atoms with Crippen LogP contribution >= 0.6 is 11.3 Å². The lowest BCUT2D eigenvalue weighted by Gasteiger charge is -1.98. The maximum Gasteiger partial charge on any atom is 0.0731 e. The van der Waals surface area contributed by atoms with Crippen molar-refractivity contribution < 1.29 is 4.74 Å². The molecule has 1 heterocycles. The van der Waals surface area contributed by atoms with Crippen LogP contribution in [-0.4, -0.2) is 6.61 Å². The smallest absolute Gasteiger partial charge is 0.0731 e. The molecule has 1 rings (SSSR count). The maximum atomic E-state index is 5.54. The monoisotopic (exact) mass is 197 g/mol. The first-order chi connectivity index (χ1) is 6.27. The highest BCUT2D eigenvalue weighted by atomic mass is 32.1. The van der Waals surface area contributed by atoms with Crippen molar-refractivity contribution in [2.45, 2.75) is 20.1 Å². The van der Waals surface area contributed by atoms with Gasteiger partial charge in [-0.3, -0.25) is 0 Å². The lowest BCUT2D eigenvalue weighted by molar-refractivity contribution is 0.149. The molecule has 2 N–H and O–H groups in total. The summed E-state index contributed by atoms with van der Waals surface area (Å²) in [6.07, 6.45) is 1.76. The van der Waals surface area contributed by atoms with Gasteiger partial charge in [-0.15, -0.1) is 17.9 Å². The van der Waals surface area contributed by atoms with E-state index in [0.717, 1.165) is 0 Å². The Bertz CT molecular complexity index is 280. The zero-order valence-electron chi connectivity index (χ0n) is 7.88. The predicted molar refractivity (Wildman–Crippen MR) is 56.8 cm³/mol. The van der Waals surface area contributed by atoms with Crippen LogP contribution in [0.15, 0.2) is 18.7 Å². The van der Waals surface area contributed by atoms with Crippen molar-refractivity contribution in [3.63, 3.8) is 0 Å². The molecule has 0 amide bonds. The lowest BCUT2D eigenvalue weighted by Crippen LogP contribution is -1.93. The number of nitrogens with two attached hydrogens (primary N) is 1. The van der Waals surface area contributed by atoms with Crippen molar-refractivity contribution in [1.29, 1.82) is 0 Å². The van der Waals surface area contributed by atoms with E-state index in [1.165, 1.54) is 15.3 Å². The Morgan fingerprint density at radius 2 is 2.46 bits per heavy atom. The van der Waals surface area contributed by atoms with Crippen molar-refractivity contribution in [3.05, 3.63) is 34.0 Å². The summed E-state index contributed by atoms with van der Waals surface area (Å²) in [6, 6.07) is 2.11. The largest absolute Gasteiger partial charge is 0.373 e. The molecule has 0 aliphatic heterocycles. The summed E-state index contributed by atoms with van der Waals surface area (Å²) in [7, 11) is 0. The van der Waals surface area contributed by atoms with Gasteiger partial charge in [-0.05, 0) is 18.6 Å². The maximum absolute atomic E-state index is 5.54. The summed E-state index contributed by atoms with van der Waals surface area (Å²) in [5, 5.41) is 0. The van der Waals surface area contributed by atoms with Crippen LogP contribution in [0.1, 0.15) is 15.3 Å². The Kier molecular flexibility index (Phi) is 4.15. The van der Waals surface area contributed by atoms with E-state index in [-0.39, 0.29) is 0 Å². The van der Waals surface area contributed by atoms with Crippen LogP contribution in [0.2, 0.25) is 0 Å². The molecule has 0 aliphatic carbocycles. The molecule has 0 unspecified atom stereocenters. The van der Waals surface area contributed by atoms with E-state index in [9.17, 15) is 0 Å². The van der Waals surface area contributed by atoms with Crippen molar-refractivity contribution in [1.82, 2.24) is 0 Å². The molecule has 3 heteroatoms. The minimum Gasteiger partial charge on any atom is -0.373 e. The molecular formula is C10H15NOS. The van der Waals surface area contributed by atoms with Gasteiger partial charge < -0.3 is 10.5 Å². The molecule has 1 aromatic rings. The summed E-state index contributed by atoms with van der Waals surface area (Å²) in [4.78, 5) is 2.51. The molecular weight excluding hydrogens is 182 g/mol. The zero-order chi connectivity index (χ0) is 9.68. The van der Waals surface area contributed by atoms with Gasteiger partial charge in [0.15, 0.2) is 0 Å². The molecule has 0 atom stereocenters. The molecule has 2 nitrogen and oxygen atoms in total. The van der Waals surface area contributed by atoms with Gasteiger partial charge in [0.25, 0.3) is 0 Å². The van der Waals surface area contributed by atoms with Crippen LogP contribution in [0.25, 0.3) is 0 Å².